The van der Waals surface area contributed by atoms with E-state index < -0.39 is 17.7 Å². The summed E-state index contributed by atoms with van der Waals surface area (Å²) in [5, 5.41) is 12.8. The monoisotopic (exact) mass is 264 g/mol. The van der Waals surface area contributed by atoms with Crippen molar-refractivity contribution in [3.05, 3.63) is 28.8 Å². The summed E-state index contributed by atoms with van der Waals surface area (Å²) in [6, 6.07) is 0.842. The number of halogens is 3. The Bertz CT molecular complexity index is 392. The minimum absolute atomic E-state index is 0.0635. The number of aliphatic hydroxyl groups excluding tert-OH is 1. The highest BCUT2D eigenvalue weighted by Gasteiger charge is 2.12. The van der Waals surface area contributed by atoms with Gasteiger partial charge in [-0.15, -0.1) is 0 Å². The fourth-order valence-electron chi connectivity index (χ4n) is 1.10. The highest BCUT2D eigenvalue weighted by molar-refractivity contribution is 6.33. The maximum absolute atomic E-state index is 13.3. The molecule has 0 saturated carbocycles. The number of nitrogens with one attached hydrogen (secondary N) is 2. The summed E-state index contributed by atoms with van der Waals surface area (Å²) in [4.78, 5) is 11.3. The van der Waals surface area contributed by atoms with Crippen LogP contribution in [0.3, 0.4) is 0 Å². The first-order chi connectivity index (χ1) is 8.04. The number of amides is 2. The molecule has 1 rings (SSSR count). The number of hydrogen-bond acceptors (Lipinski definition) is 2. The van der Waals surface area contributed by atoms with Crippen LogP contribution >= 0.6 is 11.6 Å². The first kappa shape index (κ1) is 13.7. The maximum Gasteiger partial charge on any atom is 0.319 e. The van der Waals surface area contributed by atoms with Gasteiger partial charge < -0.3 is 15.7 Å². The Kier molecular flexibility index (Phi) is 5.11. The van der Waals surface area contributed by atoms with Crippen molar-refractivity contribution in [3.8, 4) is 0 Å². The third-order valence-electron chi connectivity index (χ3n) is 1.87. The van der Waals surface area contributed by atoms with E-state index in [1.54, 1.807) is 0 Å². The van der Waals surface area contributed by atoms with E-state index in [1.165, 1.54) is 0 Å². The second-order valence-electron chi connectivity index (χ2n) is 3.20. The van der Waals surface area contributed by atoms with E-state index in [0.29, 0.717) is 12.5 Å². The van der Waals surface area contributed by atoms with Gasteiger partial charge in [-0.05, 0) is 12.5 Å². The van der Waals surface area contributed by atoms with Gasteiger partial charge in [-0.3, -0.25) is 0 Å². The van der Waals surface area contributed by atoms with Crippen LogP contribution in [-0.4, -0.2) is 24.3 Å². The standard InChI is InChI=1S/C10H11ClF2N2O2/c11-7-4-6(12)5-8(13)9(7)15-10(17)14-2-1-3-16/h4-5,16H,1-3H2,(H2,14,15,17). The zero-order chi connectivity index (χ0) is 12.8. The van der Waals surface area contributed by atoms with Crippen molar-refractivity contribution in [1.29, 1.82) is 0 Å². The number of carbonyl (C=O) groups is 1. The van der Waals surface area contributed by atoms with E-state index in [2.05, 4.69) is 10.6 Å². The van der Waals surface area contributed by atoms with Gasteiger partial charge in [0.2, 0.25) is 0 Å². The SMILES string of the molecule is O=C(NCCCO)Nc1c(F)cc(F)cc1Cl. The van der Waals surface area contributed by atoms with Gasteiger partial charge in [0.15, 0.2) is 5.82 Å². The smallest absolute Gasteiger partial charge is 0.319 e. The molecule has 0 atom stereocenters. The summed E-state index contributed by atoms with van der Waals surface area (Å²) >= 11 is 5.58. The van der Waals surface area contributed by atoms with Gasteiger partial charge in [0.25, 0.3) is 0 Å². The largest absolute Gasteiger partial charge is 0.396 e. The number of benzene rings is 1. The fourth-order valence-corrected chi connectivity index (χ4v) is 1.34. The second kappa shape index (κ2) is 6.36. The van der Waals surface area contributed by atoms with Crippen molar-refractivity contribution < 1.29 is 18.7 Å². The Morgan fingerprint density at radius 3 is 2.71 bits per heavy atom. The van der Waals surface area contributed by atoms with Crippen molar-refractivity contribution in [2.45, 2.75) is 6.42 Å². The lowest BCUT2D eigenvalue weighted by Crippen LogP contribution is -2.30. The highest BCUT2D eigenvalue weighted by Crippen LogP contribution is 2.26. The topological polar surface area (TPSA) is 61.4 Å². The molecule has 94 valence electrons. The Labute approximate surface area is 102 Å². The molecule has 0 spiro atoms. The molecular formula is C10H11ClF2N2O2. The van der Waals surface area contributed by atoms with Crippen LogP contribution in [0.4, 0.5) is 19.3 Å². The Morgan fingerprint density at radius 1 is 1.41 bits per heavy atom. The minimum atomic E-state index is -0.952. The lowest BCUT2D eigenvalue weighted by atomic mass is 10.3. The Hall–Kier alpha value is -1.40. The second-order valence-corrected chi connectivity index (χ2v) is 3.61. The molecule has 0 heterocycles. The van der Waals surface area contributed by atoms with Gasteiger partial charge in [0, 0.05) is 19.2 Å². The molecule has 0 aliphatic heterocycles. The third kappa shape index (κ3) is 4.16. The van der Waals surface area contributed by atoms with Crippen molar-refractivity contribution in [2.75, 3.05) is 18.5 Å². The summed E-state index contributed by atoms with van der Waals surface area (Å²) in [6.45, 7) is 0.175. The first-order valence-electron chi connectivity index (χ1n) is 4.85. The normalized spacial score (nSPS) is 10.1. The Morgan fingerprint density at radius 2 is 2.12 bits per heavy atom. The van der Waals surface area contributed by atoms with Gasteiger partial charge >= 0.3 is 6.03 Å². The lowest BCUT2D eigenvalue weighted by Gasteiger charge is -2.09. The van der Waals surface area contributed by atoms with E-state index in [0.717, 1.165) is 6.07 Å². The molecule has 0 radical (unpaired) electrons. The molecule has 4 nitrogen and oxygen atoms in total. The van der Waals surface area contributed by atoms with Crippen molar-refractivity contribution in [1.82, 2.24) is 5.32 Å². The number of hydrogen-bond donors (Lipinski definition) is 3. The van der Waals surface area contributed by atoms with Crippen molar-refractivity contribution in [2.24, 2.45) is 0 Å². The molecule has 0 unspecified atom stereocenters. The number of carbonyl (C=O) groups excluding carboxylic acids is 1. The average molecular weight is 265 g/mol. The van der Waals surface area contributed by atoms with Crippen LogP contribution in [0.25, 0.3) is 0 Å². The van der Waals surface area contributed by atoms with E-state index in [4.69, 9.17) is 16.7 Å². The first-order valence-corrected chi connectivity index (χ1v) is 5.22. The lowest BCUT2D eigenvalue weighted by molar-refractivity contribution is 0.248. The van der Waals surface area contributed by atoms with Crippen LogP contribution in [-0.2, 0) is 0 Å². The molecule has 1 aromatic rings. The summed E-state index contributed by atoms with van der Waals surface area (Å²) in [5.41, 5.74) is -0.283. The summed E-state index contributed by atoms with van der Waals surface area (Å²) < 4.78 is 26.0. The quantitative estimate of drug-likeness (QED) is 0.730. The summed E-state index contributed by atoms with van der Waals surface area (Å²) in [5.74, 6) is -1.77. The molecule has 17 heavy (non-hydrogen) atoms. The molecule has 0 bridgehead atoms. The van der Waals surface area contributed by atoms with Crippen LogP contribution in [0.15, 0.2) is 12.1 Å². The molecular weight excluding hydrogens is 254 g/mol. The minimum Gasteiger partial charge on any atom is -0.396 e. The van der Waals surface area contributed by atoms with Gasteiger partial charge in [-0.2, -0.15) is 0 Å². The van der Waals surface area contributed by atoms with Crippen LogP contribution in [0.5, 0.6) is 0 Å². The predicted octanol–water partition coefficient (Wildman–Crippen LogP) is 2.12. The van der Waals surface area contributed by atoms with Gasteiger partial charge in [0.1, 0.15) is 5.82 Å². The van der Waals surface area contributed by atoms with Crippen molar-refractivity contribution >= 4 is 23.3 Å². The van der Waals surface area contributed by atoms with Crippen molar-refractivity contribution in [3.63, 3.8) is 0 Å². The predicted molar refractivity (Wildman–Crippen MR) is 60.1 cm³/mol. The summed E-state index contributed by atoms with van der Waals surface area (Å²) in [7, 11) is 0. The molecule has 0 fully saturated rings. The third-order valence-corrected chi connectivity index (χ3v) is 2.16. The van der Waals surface area contributed by atoms with E-state index in [9.17, 15) is 13.6 Å². The molecule has 3 N–H and O–H groups in total. The average Bonchev–Trinajstić information content (AvgIpc) is 2.24. The van der Waals surface area contributed by atoms with Gasteiger partial charge in [-0.1, -0.05) is 11.6 Å². The molecule has 0 aromatic heterocycles. The molecule has 1 aromatic carbocycles. The Balaban J connectivity index is 2.65. The molecule has 0 aliphatic rings. The number of urea groups is 1. The number of aliphatic hydroxyl groups is 1. The van der Waals surface area contributed by atoms with Gasteiger partial charge in [-0.25, -0.2) is 13.6 Å². The molecule has 7 heteroatoms. The van der Waals surface area contributed by atoms with E-state index in [1.807, 2.05) is 0 Å². The van der Waals surface area contributed by atoms with Crippen LogP contribution in [0.2, 0.25) is 5.02 Å². The zero-order valence-corrected chi connectivity index (χ0v) is 9.52. The molecule has 0 saturated heterocycles. The van der Waals surface area contributed by atoms with Gasteiger partial charge in [0.05, 0.1) is 10.7 Å². The maximum atomic E-state index is 13.3. The number of rotatable bonds is 4. The fraction of sp³-hybridized carbons (Fsp3) is 0.300. The highest BCUT2D eigenvalue weighted by atomic mass is 35.5. The van der Waals surface area contributed by atoms with Crippen LogP contribution < -0.4 is 10.6 Å². The number of anilines is 1. The molecule has 0 aliphatic carbocycles. The van der Waals surface area contributed by atoms with E-state index >= 15 is 0 Å². The van der Waals surface area contributed by atoms with Crippen LogP contribution in [0, 0.1) is 11.6 Å². The van der Waals surface area contributed by atoms with Crippen LogP contribution in [0.1, 0.15) is 6.42 Å². The zero-order valence-electron chi connectivity index (χ0n) is 8.77. The molecule has 2 amide bonds. The summed E-state index contributed by atoms with van der Waals surface area (Å²) in [6.07, 6.45) is 0.382. The van der Waals surface area contributed by atoms with E-state index in [-0.39, 0.29) is 23.9 Å².